The van der Waals surface area contributed by atoms with Gasteiger partial charge in [0, 0.05) is 17.0 Å². The largest absolute Gasteiger partial charge is 0.504 e. The molecule has 0 saturated carbocycles. The molecule has 0 fully saturated rings. The fraction of sp³-hybridized carbons (Fsp3) is 0.385. The Hall–Kier alpha value is -1.82. The van der Waals surface area contributed by atoms with Crippen LogP contribution in [0.1, 0.15) is 27.9 Å². The van der Waals surface area contributed by atoms with Gasteiger partial charge < -0.3 is 9.84 Å². The van der Waals surface area contributed by atoms with Crippen LogP contribution in [-0.4, -0.2) is 27.5 Å². The van der Waals surface area contributed by atoms with Crippen LogP contribution in [0.25, 0.3) is 11.3 Å². The molecule has 1 aliphatic heterocycles. The molecule has 0 spiro atoms. The van der Waals surface area contributed by atoms with Gasteiger partial charge in [-0.05, 0) is 25.8 Å². The number of nitrogens with zero attached hydrogens (tertiary/aromatic N) is 2. The maximum absolute atomic E-state index is 11.8. The lowest BCUT2D eigenvalue weighted by molar-refractivity contribution is 0.0532. The highest BCUT2D eigenvalue weighted by molar-refractivity contribution is 7.14. The fourth-order valence-electron chi connectivity index (χ4n) is 2.33. The summed E-state index contributed by atoms with van der Waals surface area (Å²) in [6.45, 7) is 2.94. The van der Waals surface area contributed by atoms with Crippen LogP contribution >= 0.6 is 11.3 Å². The first kappa shape index (κ1) is 12.2. The summed E-state index contributed by atoms with van der Waals surface area (Å²) in [6, 6.07) is 1.80. The van der Waals surface area contributed by atoms with Crippen LogP contribution < -0.4 is 0 Å². The SMILES string of the molecule is CCOC(=O)c1cc2c(s1)CCCn1ncc(O)c1-2. The quantitative estimate of drug-likeness (QED) is 0.857. The lowest BCUT2D eigenvalue weighted by Gasteiger charge is -2.02. The highest BCUT2D eigenvalue weighted by Gasteiger charge is 2.23. The van der Waals surface area contributed by atoms with Crippen LogP contribution in [-0.2, 0) is 17.7 Å². The molecule has 0 saturated heterocycles. The zero-order chi connectivity index (χ0) is 13.4. The van der Waals surface area contributed by atoms with Crippen molar-refractivity contribution in [2.75, 3.05) is 6.61 Å². The van der Waals surface area contributed by atoms with Crippen molar-refractivity contribution in [3.05, 3.63) is 22.0 Å². The summed E-state index contributed by atoms with van der Waals surface area (Å²) in [6.07, 6.45) is 3.29. The summed E-state index contributed by atoms with van der Waals surface area (Å²) in [5.74, 6) is -0.137. The summed E-state index contributed by atoms with van der Waals surface area (Å²) < 4.78 is 6.82. The molecule has 100 valence electrons. The Kier molecular flexibility index (Phi) is 3.02. The molecule has 0 unspecified atom stereocenters. The fourth-order valence-corrected chi connectivity index (χ4v) is 3.43. The Morgan fingerprint density at radius 1 is 1.63 bits per heavy atom. The number of thiophene rings is 1. The van der Waals surface area contributed by atoms with Crippen molar-refractivity contribution >= 4 is 17.3 Å². The van der Waals surface area contributed by atoms with E-state index in [4.69, 9.17) is 4.74 Å². The van der Waals surface area contributed by atoms with Crippen LogP contribution in [0.2, 0.25) is 0 Å². The van der Waals surface area contributed by atoms with E-state index in [9.17, 15) is 9.90 Å². The highest BCUT2D eigenvalue weighted by Crippen LogP contribution is 2.39. The maximum atomic E-state index is 11.8. The van der Waals surface area contributed by atoms with E-state index < -0.39 is 0 Å². The summed E-state index contributed by atoms with van der Waals surface area (Å²) >= 11 is 1.45. The van der Waals surface area contributed by atoms with Crippen molar-refractivity contribution in [1.82, 2.24) is 9.78 Å². The second-order valence-electron chi connectivity index (χ2n) is 4.37. The number of carbonyl (C=O) groups is 1. The second kappa shape index (κ2) is 4.70. The minimum atomic E-state index is -0.300. The number of aromatic nitrogens is 2. The molecular weight excluding hydrogens is 264 g/mol. The van der Waals surface area contributed by atoms with Gasteiger partial charge in [0.25, 0.3) is 0 Å². The molecule has 0 atom stereocenters. The topological polar surface area (TPSA) is 64.4 Å². The van der Waals surface area contributed by atoms with Crippen molar-refractivity contribution in [3.8, 4) is 17.0 Å². The van der Waals surface area contributed by atoms with Crippen LogP contribution in [0.15, 0.2) is 12.3 Å². The van der Waals surface area contributed by atoms with Gasteiger partial charge in [-0.3, -0.25) is 4.68 Å². The number of hydrogen-bond donors (Lipinski definition) is 1. The van der Waals surface area contributed by atoms with Gasteiger partial charge in [-0.25, -0.2) is 4.79 Å². The summed E-state index contributed by atoms with van der Waals surface area (Å²) in [7, 11) is 0. The normalized spacial score (nSPS) is 13.5. The molecular formula is C13H14N2O3S. The molecule has 0 aliphatic carbocycles. The van der Waals surface area contributed by atoms with Gasteiger partial charge in [-0.15, -0.1) is 11.3 Å². The Morgan fingerprint density at radius 3 is 3.26 bits per heavy atom. The highest BCUT2D eigenvalue weighted by atomic mass is 32.1. The first-order valence-corrected chi connectivity index (χ1v) is 7.07. The summed E-state index contributed by atoms with van der Waals surface area (Å²) in [4.78, 5) is 13.5. The lowest BCUT2D eigenvalue weighted by atomic mass is 10.1. The second-order valence-corrected chi connectivity index (χ2v) is 5.51. The van der Waals surface area contributed by atoms with Crippen LogP contribution in [0.3, 0.4) is 0 Å². The van der Waals surface area contributed by atoms with Gasteiger partial charge in [-0.2, -0.15) is 5.10 Å². The molecule has 2 aromatic heterocycles. The minimum absolute atomic E-state index is 0.163. The summed E-state index contributed by atoms with van der Waals surface area (Å²) in [5, 5.41) is 14.1. The third kappa shape index (κ3) is 2.02. The minimum Gasteiger partial charge on any atom is -0.504 e. The molecule has 3 heterocycles. The molecule has 3 rings (SSSR count). The number of ether oxygens (including phenoxy) is 1. The molecule has 19 heavy (non-hydrogen) atoms. The number of aromatic hydroxyl groups is 1. The summed E-state index contributed by atoms with van der Waals surface area (Å²) in [5.41, 5.74) is 1.61. The van der Waals surface area contributed by atoms with Crippen LogP contribution in [0, 0.1) is 0 Å². The van der Waals surface area contributed by atoms with E-state index in [1.54, 1.807) is 17.7 Å². The van der Waals surface area contributed by atoms with E-state index >= 15 is 0 Å². The van der Waals surface area contributed by atoms with E-state index in [0.717, 1.165) is 29.8 Å². The molecule has 5 nitrogen and oxygen atoms in total. The monoisotopic (exact) mass is 278 g/mol. The molecule has 6 heteroatoms. The van der Waals surface area contributed by atoms with E-state index in [1.165, 1.54) is 17.5 Å². The molecule has 0 aromatic carbocycles. The third-order valence-corrected chi connectivity index (χ3v) is 4.31. The molecule has 1 aliphatic rings. The lowest BCUT2D eigenvalue weighted by Crippen LogP contribution is -2.02. The average Bonchev–Trinajstić information content (AvgIpc) is 2.90. The third-order valence-electron chi connectivity index (χ3n) is 3.13. The maximum Gasteiger partial charge on any atom is 0.348 e. The van der Waals surface area contributed by atoms with Gasteiger partial charge in [0.2, 0.25) is 0 Å². The van der Waals surface area contributed by atoms with Gasteiger partial charge in [0.15, 0.2) is 5.75 Å². The molecule has 0 amide bonds. The molecule has 0 radical (unpaired) electrons. The van der Waals surface area contributed by atoms with E-state index in [-0.39, 0.29) is 11.7 Å². The Balaban J connectivity index is 2.08. The number of aryl methyl sites for hydroxylation is 2. The first-order valence-electron chi connectivity index (χ1n) is 6.25. The number of carbonyl (C=O) groups excluding carboxylic acids is 1. The van der Waals surface area contributed by atoms with Gasteiger partial charge >= 0.3 is 5.97 Å². The van der Waals surface area contributed by atoms with E-state index in [1.807, 2.05) is 0 Å². The standard InChI is InChI=1S/C13H14N2O3S/c1-2-18-13(17)11-6-8-10(19-11)4-3-5-15-12(8)9(16)7-14-15/h6-7,16H,2-5H2,1H3. The van der Waals surface area contributed by atoms with Gasteiger partial charge in [0.05, 0.1) is 12.8 Å². The van der Waals surface area contributed by atoms with Crippen molar-refractivity contribution in [1.29, 1.82) is 0 Å². The zero-order valence-electron chi connectivity index (χ0n) is 10.5. The average molecular weight is 278 g/mol. The van der Waals surface area contributed by atoms with Gasteiger partial charge in [0.1, 0.15) is 10.6 Å². The Bertz CT molecular complexity index is 630. The number of fused-ring (bicyclic) bond motifs is 3. The zero-order valence-corrected chi connectivity index (χ0v) is 11.4. The van der Waals surface area contributed by atoms with Crippen molar-refractivity contribution < 1.29 is 14.6 Å². The molecule has 2 aromatic rings. The first-order chi connectivity index (χ1) is 9.20. The van der Waals surface area contributed by atoms with Crippen molar-refractivity contribution in [3.63, 3.8) is 0 Å². The van der Waals surface area contributed by atoms with Crippen molar-refractivity contribution in [2.24, 2.45) is 0 Å². The number of hydrogen-bond acceptors (Lipinski definition) is 5. The van der Waals surface area contributed by atoms with E-state index in [0.29, 0.717) is 17.2 Å². The van der Waals surface area contributed by atoms with E-state index in [2.05, 4.69) is 5.10 Å². The Labute approximate surface area is 114 Å². The Morgan fingerprint density at radius 2 is 2.47 bits per heavy atom. The number of esters is 1. The van der Waals surface area contributed by atoms with Crippen LogP contribution in [0.5, 0.6) is 5.75 Å². The van der Waals surface area contributed by atoms with Gasteiger partial charge in [-0.1, -0.05) is 0 Å². The predicted molar refractivity (Wildman–Crippen MR) is 71.5 cm³/mol. The van der Waals surface area contributed by atoms with Crippen molar-refractivity contribution in [2.45, 2.75) is 26.3 Å². The molecule has 1 N–H and O–H groups in total. The number of rotatable bonds is 2. The predicted octanol–water partition coefficient (Wildman–Crippen LogP) is 2.44. The smallest absolute Gasteiger partial charge is 0.348 e. The van der Waals surface area contributed by atoms with Crippen LogP contribution in [0.4, 0.5) is 0 Å². The molecule has 0 bridgehead atoms.